The van der Waals surface area contributed by atoms with Crippen molar-refractivity contribution in [3.63, 3.8) is 0 Å². The molecule has 0 bridgehead atoms. The van der Waals surface area contributed by atoms with Gasteiger partial charge in [-0.25, -0.2) is 14.6 Å². The predicted molar refractivity (Wildman–Crippen MR) is 56.5 cm³/mol. The van der Waals surface area contributed by atoms with E-state index < -0.39 is 18.9 Å². The predicted octanol–water partition coefficient (Wildman–Crippen LogP) is -0.663. The van der Waals surface area contributed by atoms with Crippen LogP contribution in [-0.4, -0.2) is 47.2 Å². The van der Waals surface area contributed by atoms with Crippen molar-refractivity contribution >= 4 is 5.91 Å². The zero-order chi connectivity index (χ0) is 13.5. The molecular formula is C9H14F2N4O3. The van der Waals surface area contributed by atoms with Crippen molar-refractivity contribution in [1.82, 2.24) is 15.5 Å². The molecule has 0 aliphatic heterocycles. The molecule has 0 saturated carbocycles. The van der Waals surface area contributed by atoms with Gasteiger partial charge in [0.25, 0.3) is 12.3 Å². The third-order valence-electron chi connectivity index (χ3n) is 2.11. The number of rotatable bonds is 7. The highest BCUT2D eigenvalue weighted by Gasteiger charge is 2.16. The molecule has 0 atom stereocenters. The summed E-state index contributed by atoms with van der Waals surface area (Å²) in [5, 5.41) is 12.2. The number of alkyl halides is 2. The van der Waals surface area contributed by atoms with Crippen molar-refractivity contribution in [1.29, 1.82) is 0 Å². The number of aliphatic hydroxyl groups is 1. The largest absolute Gasteiger partial charge is 0.395 e. The Morgan fingerprint density at radius 2 is 2.39 bits per heavy atom. The third-order valence-corrected chi connectivity index (χ3v) is 2.11. The van der Waals surface area contributed by atoms with Gasteiger partial charge >= 0.3 is 0 Å². The SMILES string of the molecule is NNC(=O)c1cc(CN(CCO)CC(F)F)on1. The van der Waals surface area contributed by atoms with E-state index in [2.05, 4.69) is 5.16 Å². The number of carbonyl (C=O) groups is 1. The van der Waals surface area contributed by atoms with Crippen LogP contribution in [0.1, 0.15) is 16.2 Å². The first kappa shape index (κ1) is 14.5. The fourth-order valence-electron chi connectivity index (χ4n) is 1.36. The molecule has 4 N–H and O–H groups in total. The fraction of sp³-hybridized carbons (Fsp3) is 0.556. The number of nitrogens with two attached hydrogens (primary N) is 1. The number of hydrogen-bond donors (Lipinski definition) is 3. The van der Waals surface area contributed by atoms with E-state index in [1.165, 1.54) is 11.0 Å². The second-order valence-corrected chi connectivity index (χ2v) is 3.50. The molecule has 1 heterocycles. The van der Waals surface area contributed by atoms with Crippen LogP contribution in [-0.2, 0) is 6.54 Å². The summed E-state index contributed by atoms with van der Waals surface area (Å²) in [5.74, 6) is 4.51. The molecule has 0 unspecified atom stereocenters. The van der Waals surface area contributed by atoms with E-state index in [1.54, 1.807) is 0 Å². The maximum absolute atomic E-state index is 12.2. The number of hydrogen-bond acceptors (Lipinski definition) is 6. The van der Waals surface area contributed by atoms with E-state index in [0.29, 0.717) is 0 Å². The minimum absolute atomic E-state index is 0.0236. The second-order valence-electron chi connectivity index (χ2n) is 3.50. The van der Waals surface area contributed by atoms with Crippen molar-refractivity contribution in [2.45, 2.75) is 13.0 Å². The number of amides is 1. The summed E-state index contributed by atoms with van der Waals surface area (Å²) in [4.78, 5) is 12.4. The monoisotopic (exact) mass is 264 g/mol. The molecule has 0 aliphatic carbocycles. The quantitative estimate of drug-likeness (QED) is 0.343. The molecule has 0 spiro atoms. The molecule has 1 aromatic rings. The molecule has 0 saturated heterocycles. The lowest BCUT2D eigenvalue weighted by molar-refractivity contribution is 0.0701. The van der Waals surface area contributed by atoms with Gasteiger partial charge in [0.1, 0.15) is 0 Å². The Labute approximate surface area is 101 Å². The number of nitrogens with one attached hydrogen (secondary N) is 1. The molecule has 0 fully saturated rings. The van der Waals surface area contributed by atoms with E-state index in [4.69, 9.17) is 15.5 Å². The van der Waals surface area contributed by atoms with Gasteiger partial charge in [0.15, 0.2) is 11.5 Å². The van der Waals surface area contributed by atoms with E-state index in [0.717, 1.165) is 0 Å². The number of hydrazine groups is 1. The molecule has 0 aromatic carbocycles. The van der Waals surface area contributed by atoms with Crippen molar-refractivity contribution in [2.75, 3.05) is 19.7 Å². The van der Waals surface area contributed by atoms with Crippen LogP contribution in [0, 0.1) is 0 Å². The number of nitrogens with zero attached hydrogens (tertiary/aromatic N) is 2. The van der Waals surface area contributed by atoms with Crippen LogP contribution in [0.25, 0.3) is 0 Å². The first-order chi connectivity index (χ1) is 8.56. The smallest absolute Gasteiger partial charge is 0.287 e. The topological polar surface area (TPSA) is 105 Å². The van der Waals surface area contributed by atoms with Crippen LogP contribution in [0.3, 0.4) is 0 Å². The molecule has 0 radical (unpaired) electrons. The highest BCUT2D eigenvalue weighted by molar-refractivity contribution is 5.91. The summed E-state index contributed by atoms with van der Waals surface area (Å²) in [6.07, 6.45) is -2.52. The first-order valence-corrected chi connectivity index (χ1v) is 5.14. The minimum Gasteiger partial charge on any atom is -0.395 e. The number of nitrogen functional groups attached to an aromatic ring is 1. The summed E-state index contributed by atoms with van der Waals surface area (Å²) >= 11 is 0. The minimum atomic E-state index is -2.52. The van der Waals surface area contributed by atoms with Gasteiger partial charge in [-0.1, -0.05) is 5.16 Å². The van der Waals surface area contributed by atoms with Crippen LogP contribution < -0.4 is 11.3 Å². The first-order valence-electron chi connectivity index (χ1n) is 5.14. The normalized spacial score (nSPS) is 11.2. The van der Waals surface area contributed by atoms with Crippen LogP contribution in [0.4, 0.5) is 8.78 Å². The lowest BCUT2D eigenvalue weighted by Crippen LogP contribution is -2.31. The number of halogens is 2. The molecule has 1 rings (SSSR count). The van der Waals surface area contributed by atoms with Crippen LogP contribution in [0.15, 0.2) is 10.6 Å². The van der Waals surface area contributed by atoms with Gasteiger partial charge in [0, 0.05) is 12.6 Å². The summed E-state index contributed by atoms with van der Waals surface area (Å²) < 4.78 is 29.3. The fourth-order valence-corrected chi connectivity index (χ4v) is 1.36. The number of carbonyl (C=O) groups excluding carboxylic acids is 1. The molecule has 1 aromatic heterocycles. The molecular weight excluding hydrogens is 250 g/mol. The van der Waals surface area contributed by atoms with Crippen LogP contribution in [0.2, 0.25) is 0 Å². The summed E-state index contributed by atoms with van der Waals surface area (Å²) in [6, 6.07) is 1.30. The summed E-state index contributed by atoms with van der Waals surface area (Å²) in [5.41, 5.74) is 1.84. The Bertz CT molecular complexity index is 386. The van der Waals surface area contributed by atoms with Gasteiger partial charge in [-0.05, 0) is 0 Å². The lowest BCUT2D eigenvalue weighted by Gasteiger charge is -2.18. The number of aliphatic hydroxyl groups excluding tert-OH is 1. The molecule has 18 heavy (non-hydrogen) atoms. The van der Waals surface area contributed by atoms with E-state index in [1.807, 2.05) is 5.43 Å². The van der Waals surface area contributed by atoms with Gasteiger partial charge in [-0.15, -0.1) is 0 Å². The second kappa shape index (κ2) is 6.99. The number of aromatic nitrogens is 1. The highest BCUT2D eigenvalue weighted by atomic mass is 19.3. The Morgan fingerprint density at radius 1 is 1.67 bits per heavy atom. The van der Waals surface area contributed by atoms with Gasteiger partial charge in [0.05, 0.1) is 19.7 Å². The van der Waals surface area contributed by atoms with Crippen LogP contribution >= 0.6 is 0 Å². The van der Waals surface area contributed by atoms with Gasteiger partial charge in [-0.3, -0.25) is 15.1 Å². The Balaban J connectivity index is 2.63. The Hall–Kier alpha value is -1.58. The zero-order valence-electron chi connectivity index (χ0n) is 9.47. The van der Waals surface area contributed by atoms with Crippen molar-refractivity contribution in [3.8, 4) is 0 Å². The van der Waals surface area contributed by atoms with Crippen molar-refractivity contribution < 1.29 is 23.2 Å². The zero-order valence-corrected chi connectivity index (χ0v) is 9.47. The average molecular weight is 264 g/mol. The van der Waals surface area contributed by atoms with E-state index in [9.17, 15) is 13.6 Å². The molecule has 0 aliphatic rings. The Kier molecular flexibility index (Phi) is 5.62. The van der Waals surface area contributed by atoms with Gasteiger partial charge in [0.2, 0.25) is 0 Å². The maximum Gasteiger partial charge on any atom is 0.287 e. The van der Waals surface area contributed by atoms with E-state index in [-0.39, 0.29) is 31.2 Å². The molecule has 7 nitrogen and oxygen atoms in total. The third kappa shape index (κ3) is 4.35. The van der Waals surface area contributed by atoms with Gasteiger partial charge < -0.3 is 9.63 Å². The summed E-state index contributed by atoms with van der Waals surface area (Å²) in [7, 11) is 0. The lowest BCUT2D eigenvalue weighted by atomic mass is 10.3. The van der Waals surface area contributed by atoms with Crippen molar-refractivity contribution in [3.05, 3.63) is 17.5 Å². The van der Waals surface area contributed by atoms with Crippen LogP contribution in [0.5, 0.6) is 0 Å². The van der Waals surface area contributed by atoms with Gasteiger partial charge in [-0.2, -0.15) is 0 Å². The van der Waals surface area contributed by atoms with Crippen molar-refractivity contribution in [2.24, 2.45) is 5.84 Å². The molecule has 9 heteroatoms. The van der Waals surface area contributed by atoms with E-state index >= 15 is 0 Å². The molecule has 102 valence electrons. The Morgan fingerprint density at radius 3 is 2.94 bits per heavy atom. The average Bonchev–Trinajstić information content (AvgIpc) is 2.76. The molecule has 1 amide bonds. The maximum atomic E-state index is 12.2. The summed E-state index contributed by atoms with van der Waals surface area (Å²) in [6.45, 7) is -0.657. The standard InChI is InChI=1S/C9H14F2N4O3/c10-8(11)5-15(1-2-16)4-6-3-7(14-18-6)9(17)13-12/h3,8,16H,1-2,4-5,12H2,(H,13,17). The highest BCUT2D eigenvalue weighted by Crippen LogP contribution is 2.09.